The fourth-order valence-corrected chi connectivity index (χ4v) is 3.76. The van der Waals surface area contributed by atoms with Crippen molar-refractivity contribution in [2.45, 2.75) is 50.6 Å². The summed E-state index contributed by atoms with van der Waals surface area (Å²) in [6, 6.07) is -0.324. The van der Waals surface area contributed by atoms with Gasteiger partial charge < -0.3 is 16.0 Å². The number of halogens is 1. The van der Waals surface area contributed by atoms with E-state index in [9.17, 15) is 14.4 Å². The maximum atomic E-state index is 12.5. The van der Waals surface area contributed by atoms with E-state index in [0.29, 0.717) is 18.8 Å². The first-order valence-corrected chi connectivity index (χ1v) is 8.16. The average molecular weight is 345 g/mol. The minimum absolute atomic E-state index is 0. The summed E-state index contributed by atoms with van der Waals surface area (Å²) in [6.45, 7) is 3.65. The lowest BCUT2D eigenvalue weighted by Gasteiger charge is -2.30. The molecule has 0 bridgehead atoms. The number of carbonyl (C=O) groups excluding carboxylic acids is 3. The van der Waals surface area contributed by atoms with Gasteiger partial charge in [0, 0.05) is 6.04 Å². The number of nitrogens with zero attached hydrogens (tertiary/aromatic N) is 1. The summed E-state index contributed by atoms with van der Waals surface area (Å²) >= 11 is 0. The number of carbonyl (C=O) groups is 3. The summed E-state index contributed by atoms with van der Waals surface area (Å²) in [6.07, 6.45) is 4.12. The minimum atomic E-state index is -0.737. The Labute approximate surface area is 142 Å². The molecule has 3 rings (SSSR count). The van der Waals surface area contributed by atoms with Gasteiger partial charge in [-0.05, 0) is 38.3 Å². The van der Waals surface area contributed by atoms with Crippen LogP contribution in [0.1, 0.15) is 39.0 Å². The van der Waals surface area contributed by atoms with Crippen LogP contribution in [0.25, 0.3) is 0 Å². The highest BCUT2D eigenvalue weighted by Crippen LogP contribution is 2.34. The maximum Gasteiger partial charge on any atom is 0.325 e. The quantitative estimate of drug-likeness (QED) is 0.646. The van der Waals surface area contributed by atoms with Gasteiger partial charge in [-0.1, -0.05) is 19.8 Å². The summed E-state index contributed by atoms with van der Waals surface area (Å²) in [5.74, 6) is -0.136. The third-order valence-corrected chi connectivity index (χ3v) is 5.14. The monoisotopic (exact) mass is 344 g/mol. The van der Waals surface area contributed by atoms with Crippen molar-refractivity contribution in [1.29, 1.82) is 0 Å². The average Bonchev–Trinajstić information content (AvgIpc) is 3.03. The molecule has 0 aromatic carbocycles. The fraction of sp³-hybridized carbons (Fsp3) is 0.800. The number of rotatable bonds is 3. The van der Waals surface area contributed by atoms with Crippen LogP contribution in [0.2, 0.25) is 0 Å². The van der Waals surface area contributed by atoms with Gasteiger partial charge in [0.2, 0.25) is 5.91 Å². The molecule has 0 aromatic rings. The SMILES string of the molecule is CC1CNCCC1NC(=O)CN1C(=O)NC2(CCCC2)C1=O.Cl. The van der Waals surface area contributed by atoms with E-state index in [1.54, 1.807) is 0 Å². The maximum absolute atomic E-state index is 12.5. The van der Waals surface area contributed by atoms with Crippen LogP contribution in [-0.4, -0.2) is 54.0 Å². The molecule has 0 radical (unpaired) electrons. The van der Waals surface area contributed by atoms with Crippen molar-refractivity contribution in [3.05, 3.63) is 0 Å². The van der Waals surface area contributed by atoms with E-state index < -0.39 is 11.6 Å². The van der Waals surface area contributed by atoms with E-state index in [0.717, 1.165) is 37.3 Å². The van der Waals surface area contributed by atoms with Crippen LogP contribution in [0.5, 0.6) is 0 Å². The van der Waals surface area contributed by atoms with Crippen molar-refractivity contribution < 1.29 is 14.4 Å². The second kappa shape index (κ2) is 7.05. The van der Waals surface area contributed by atoms with E-state index in [1.165, 1.54) is 0 Å². The van der Waals surface area contributed by atoms with Gasteiger partial charge in [0.15, 0.2) is 0 Å². The Morgan fingerprint density at radius 1 is 1.35 bits per heavy atom. The number of amides is 4. The van der Waals surface area contributed by atoms with E-state index in [1.807, 2.05) is 0 Å². The molecule has 2 unspecified atom stereocenters. The van der Waals surface area contributed by atoms with Crippen LogP contribution >= 0.6 is 12.4 Å². The lowest BCUT2D eigenvalue weighted by molar-refractivity contribution is -0.135. The third kappa shape index (κ3) is 3.45. The van der Waals surface area contributed by atoms with E-state index >= 15 is 0 Å². The van der Waals surface area contributed by atoms with Crippen LogP contribution in [0.15, 0.2) is 0 Å². The minimum Gasteiger partial charge on any atom is -0.351 e. The third-order valence-electron chi connectivity index (χ3n) is 5.14. The Kier molecular flexibility index (Phi) is 5.52. The summed E-state index contributed by atoms with van der Waals surface area (Å²) in [5, 5.41) is 9.04. The summed E-state index contributed by atoms with van der Waals surface area (Å²) in [4.78, 5) is 37.8. The largest absolute Gasteiger partial charge is 0.351 e. The molecule has 130 valence electrons. The van der Waals surface area contributed by atoms with Crippen molar-refractivity contribution >= 4 is 30.3 Å². The molecule has 3 fully saturated rings. The van der Waals surface area contributed by atoms with Crippen molar-refractivity contribution in [2.75, 3.05) is 19.6 Å². The number of hydrogen-bond acceptors (Lipinski definition) is 4. The first-order valence-electron chi connectivity index (χ1n) is 8.16. The van der Waals surface area contributed by atoms with E-state index in [-0.39, 0.29) is 36.8 Å². The Hall–Kier alpha value is -1.34. The lowest BCUT2D eigenvalue weighted by Crippen LogP contribution is -2.51. The van der Waals surface area contributed by atoms with Crippen LogP contribution in [0.3, 0.4) is 0 Å². The van der Waals surface area contributed by atoms with Crippen molar-refractivity contribution in [2.24, 2.45) is 5.92 Å². The zero-order valence-corrected chi connectivity index (χ0v) is 14.2. The molecule has 1 spiro atoms. The van der Waals surface area contributed by atoms with Gasteiger partial charge in [-0.3, -0.25) is 14.5 Å². The topological polar surface area (TPSA) is 90.5 Å². The molecule has 1 saturated carbocycles. The second-order valence-electron chi connectivity index (χ2n) is 6.75. The molecule has 3 N–H and O–H groups in total. The van der Waals surface area contributed by atoms with Gasteiger partial charge in [0.25, 0.3) is 5.91 Å². The Morgan fingerprint density at radius 3 is 2.70 bits per heavy atom. The fourth-order valence-electron chi connectivity index (χ4n) is 3.76. The number of piperidine rings is 1. The van der Waals surface area contributed by atoms with Gasteiger partial charge in [-0.15, -0.1) is 12.4 Å². The first-order chi connectivity index (χ1) is 10.5. The molecule has 2 heterocycles. The molecule has 7 nitrogen and oxygen atoms in total. The first kappa shape index (κ1) is 18.0. The van der Waals surface area contributed by atoms with Gasteiger partial charge in [0.1, 0.15) is 12.1 Å². The highest BCUT2D eigenvalue weighted by Gasteiger charge is 2.52. The highest BCUT2D eigenvalue weighted by atomic mass is 35.5. The zero-order chi connectivity index (χ0) is 15.7. The standard InChI is InChI=1S/C15H24N4O3.ClH/c1-10-8-16-7-4-11(10)17-12(20)9-19-13(21)15(18-14(19)22)5-2-3-6-15;/h10-11,16H,2-9H2,1H3,(H,17,20)(H,18,22);1H. The Bertz CT molecular complexity index is 493. The summed E-state index contributed by atoms with van der Waals surface area (Å²) in [7, 11) is 0. The molecule has 2 saturated heterocycles. The van der Waals surface area contributed by atoms with Crippen LogP contribution < -0.4 is 16.0 Å². The van der Waals surface area contributed by atoms with Crippen LogP contribution in [0.4, 0.5) is 4.79 Å². The summed E-state index contributed by atoms with van der Waals surface area (Å²) < 4.78 is 0. The molecule has 0 aromatic heterocycles. The molecule has 3 aliphatic rings. The Balaban J connectivity index is 0.00000192. The van der Waals surface area contributed by atoms with E-state index in [4.69, 9.17) is 0 Å². The number of nitrogens with one attached hydrogen (secondary N) is 3. The summed E-state index contributed by atoms with van der Waals surface area (Å²) in [5.41, 5.74) is -0.737. The molecule has 2 atom stereocenters. The van der Waals surface area contributed by atoms with Gasteiger partial charge in [-0.2, -0.15) is 0 Å². The Morgan fingerprint density at radius 2 is 2.04 bits per heavy atom. The van der Waals surface area contributed by atoms with Gasteiger partial charge >= 0.3 is 6.03 Å². The number of hydrogen-bond donors (Lipinski definition) is 3. The van der Waals surface area contributed by atoms with Gasteiger partial charge in [0.05, 0.1) is 0 Å². The van der Waals surface area contributed by atoms with Crippen LogP contribution in [-0.2, 0) is 9.59 Å². The van der Waals surface area contributed by atoms with Gasteiger partial charge in [-0.25, -0.2) is 4.79 Å². The molecular weight excluding hydrogens is 320 g/mol. The van der Waals surface area contributed by atoms with Crippen molar-refractivity contribution in [3.63, 3.8) is 0 Å². The molecule has 23 heavy (non-hydrogen) atoms. The highest BCUT2D eigenvalue weighted by molar-refractivity contribution is 6.09. The predicted molar refractivity (Wildman–Crippen MR) is 87.3 cm³/mol. The molecule has 1 aliphatic carbocycles. The van der Waals surface area contributed by atoms with Crippen molar-refractivity contribution in [3.8, 4) is 0 Å². The number of urea groups is 1. The molecule has 2 aliphatic heterocycles. The number of imide groups is 1. The van der Waals surface area contributed by atoms with E-state index in [2.05, 4.69) is 22.9 Å². The molecule has 8 heteroatoms. The molecular formula is C15H25ClN4O3. The molecule has 4 amide bonds. The second-order valence-corrected chi connectivity index (χ2v) is 6.75. The lowest BCUT2D eigenvalue weighted by atomic mass is 9.95. The normalized spacial score (nSPS) is 29.3. The smallest absolute Gasteiger partial charge is 0.325 e. The van der Waals surface area contributed by atoms with Crippen molar-refractivity contribution in [1.82, 2.24) is 20.9 Å². The zero-order valence-electron chi connectivity index (χ0n) is 13.4. The van der Waals surface area contributed by atoms with Crippen LogP contribution in [0, 0.1) is 5.92 Å². The predicted octanol–water partition coefficient (Wildman–Crippen LogP) is 0.387.